The normalized spacial score (nSPS) is 19.8. The molecule has 0 spiro atoms. The maximum atomic E-state index is 12.5. The van der Waals surface area contributed by atoms with Crippen LogP contribution in [0.3, 0.4) is 0 Å². The van der Waals surface area contributed by atoms with Gasteiger partial charge in [0.2, 0.25) is 17.7 Å². The molecule has 0 radical (unpaired) electrons. The Morgan fingerprint density at radius 1 is 1.01 bits per heavy atom. The number of anilines is 2. The Morgan fingerprint density at radius 3 is 2.46 bits per heavy atom. The summed E-state index contributed by atoms with van der Waals surface area (Å²) in [5, 5.41) is 12.6. The number of benzene rings is 2. The van der Waals surface area contributed by atoms with Crippen molar-refractivity contribution in [1.82, 2.24) is 24.9 Å². The number of sulfonamides is 1. The van der Waals surface area contributed by atoms with Crippen molar-refractivity contribution < 1.29 is 37.1 Å². The van der Waals surface area contributed by atoms with Gasteiger partial charge in [-0.25, -0.2) is 22.9 Å². The molecule has 376 valence electrons. The van der Waals surface area contributed by atoms with Gasteiger partial charge in [-0.1, -0.05) is 44.6 Å². The first-order valence-electron chi connectivity index (χ1n) is 23.7. The number of hydrogen-bond acceptors (Lipinski definition) is 13. The Labute approximate surface area is 409 Å². The number of likely N-dealkylation sites (tertiary alicyclic amines) is 1. The van der Waals surface area contributed by atoms with Crippen LogP contribution in [0.25, 0.3) is 22.3 Å². The molecule has 4 aromatic rings. The lowest BCUT2D eigenvalue weighted by molar-refractivity contribution is -0.137. The fraction of sp³-hybridized carbons (Fsp3) is 0.520. The zero-order valence-electron chi connectivity index (χ0n) is 41.1. The third-order valence-electron chi connectivity index (χ3n) is 11.4. The highest BCUT2D eigenvalue weighted by Gasteiger charge is 2.42. The highest BCUT2D eigenvalue weighted by Crippen LogP contribution is 2.40. The van der Waals surface area contributed by atoms with Crippen LogP contribution in [0.1, 0.15) is 106 Å². The molecule has 2 aromatic heterocycles. The number of aromatic amines is 1. The van der Waals surface area contributed by atoms with Crippen molar-refractivity contribution in [3.8, 4) is 17.1 Å². The number of nitrogens with one attached hydrogen (secondary N) is 5. The number of amides is 4. The van der Waals surface area contributed by atoms with Gasteiger partial charge in [-0.05, 0) is 116 Å². The predicted molar refractivity (Wildman–Crippen MR) is 272 cm³/mol. The Morgan fingerprint density at radius 2 is 1.77 bits per heavy atom. The second kappa shape index (κ2) is 24.6. The fourth-order valence-electron chi connectivity index (χ4n) is 8.03. The largest absolute Gasteiger partial charge is 0.497 e. The minimum atomic E-state index is -3.84. The summed E-state index contributed by atoms with van der Waals surface area (Å²) in [4.78, 5) is 69.9. The average Bonchev–Trinajstić information content (AvgIpc) is 3.60. The molecule has 1 aliphatic carbocycles. The third kappa shape index (κ3) is 16.6. The smallest absolute Gasteiger partial charge is 0.407 e. The number of carbonyl (C=O) groups excluding carboxylic acids is 4. The highest BCUT2D eigenvalue weighted by atomic mass is 32.2. The number of aromatic nitrogens is 2. The van der Waals surface area contributed by atoms with Crippen LogP contribution in [-0.2, 0) is 29.1 Å². The monoisotopic (exact) mass is 990 g/mol. The van der Waals surface area contributed by atoms with Gasteiger partial charge < -0.3 is 41.0 Å². The van der Waals surface area contributed by atoms with Crippen molar-refractivity contribution >= 4 is 66.9 Å². The van der Waals surface area contributed by atoms with Gasteiger partial charge in [0.25, 0.3) is 10.0 Å². The number of methoxy groups -OCH3 is 1. The minimum absolute atomic E-state index is 0.0298. The molecule has 4 atom stereocenters. The van der Waals surface area contributed by atoms with E-state index in [4.69, 9.17) is 15.2 Å². The van der Waals surface area contributed by atoms with Crippen LogP contribution in [0.4, 0.5) is 15.6 Å². The van der Waals surface area contributed by atoms with E-state index in [9.17, 15) is 32.4 Å². The number of rotatable bonds is 10. The number of thiazole rings is 1. The molecule has 0 unspecified atom stereocenters. The van der Waals surface area contributed by atoms with Gasteiger partial charge in [0.15, 0.2) is 10.6 Å². The van der Waals surface area contributed by atoms with Gasteiger partial charge in [-0.2, -0.15) is 0 Å². The summed E-state index contributed by atoms with van der Waals surface area (Å²) >= 11 is 1.52. The van der Waals surface area contributed by atoms with Crippen molar-refractivity contribution in [1.29, 1.82) is 0 Å². The SMILES string of the molecule is CC(C)C[C@@H](CC(=O)N1CCC[C@H]1C(N)=O)NC(=O)OC(C)(C)C.COc1ccc2c(=O)cc(-c3csc(NC(C)C)n3)[nH]c2c1.O=C1NS(=O)(=O)c2ccccc2NCCCCC/C=C\[C@@H]2C[C@H]12. The van der Waals surface area contributed by atoms with Crippen LogP contribution in [0.15, 0.2) is 75.8 Å². The maximum absolute atomic E-state index is 12.5. The van der Waals surface area contributed by atoms with E-state index in [1.165, 1.54) is 22.3 Å². The third-order valence-corrected chi connectivity index (χ3v) is 13.5. The summed E-state index contributed by atoms with van der Waals surface area (Å²) in [6.45, 7) is 14.8. The topological polar surface area (TPSA) is 244 Å². The van der Waals surface area contributed by atoms with Crippen LogP contribution in [0, 0.1) is 17.8 Å². The zero-order chi connectivity index (χ0) is 50.5. The number of pyridine rings is 1. The molecule has 19 heteroatoms. The number of fused-ring (bicyclic) bond motifs is 3. The second-order valence-electron chi connectivity index (χ2n) is 19.3. The quantitative estimate of drug-likeness (QED) is 0.0830. The molecular weight excluding hydrogens is 921 g/mol. The summed E-state index contributed by atoms with van der Waals surface area (Å²) in [7, 11) is -2.24. The molecule has 1 saturated carbocycles. The lowest BCUT2D eigenvalue weighted by atomic mass is 10.0. The number of para-hydroxylation sites is 1. The molecule has 7 N–H and O–H groups in total. The Kier molecular flexibility index (Phi) is 19.2. The van der Waals surface area contributed by atoms with Crippen LogP contribution < -0.4 is 36.6 Å². The first-order valence-corrected chi connectivity index (χ1v) is 26.1. The number of primary amides is 1. The number of nitrogens with zero attached hydrogens (tertiary/aromatic N) is 2. The molecule has 69 heavy (non-hydrogen) atoms. The van der Waals surface area contributed by atoms with Gasteiger partial charge >= 0.3 is 6.09 Å². The van der Waals surface area contributed by atoms with Gasteiger partial charge in [0.05, 0.1) is 29.7 Å². The molecule has 1 saturated heterocycles. The lowest BCUT2D eigenvalue weighted by Gasteiger charge is -2.27. The van der Waals surface area contributed by atoms with E-state index in [2.05, 4.69) is 56.6 Å². The highest BCUT2D eigenvalue weighted by molar-refractivity contribution is 7.90. The molecule has 3 aliphatic rings. The van der Waals surface area contributed by atoms with E-state index in [1.807, 2.05) is 25.3 Å². The standard InChI is InChI=1S/C17H31N3O4.C17H22N2O3S.C16H17N3O2S/c1-11(2)9-12(19-16(23)24-17(3,4)5)10-14(21)20-8-6-7-13(20)15(18)22;20-17-14-12-13(14)8-4-2-1-3-7-11-18-15-9-5-6-10-16(15)23(21,22)19-17;1-9(2)17-16-19-14(8-22-16)13-7-15(20)11-5-4-10(21-3)6-12(11)18-13/h11-13H,6-10H2,1-5H3,(H2,18,22)(H,19,23);4-6,8-10,13-14,18H,1-3,7,11-12H2,(H,19,20);4-9H,1-3H3,(H,17,19)(H,18,20)/b;8-4-;/t12-,13-;13-,14+;/m01./s1. The van der Waals surface area contributed by atoms with E-state index in [1.54, 1.807) is 64.3 Å². The Bertz CT molecular complexity index is 2600. The fourth-order valence-corrected chi connectivity index (χ4v) is 10.1. The first kappa shape index (κ1) is 54.0. The Hall–Kier alpha value is -5.95. The van der Waals surface area contributed by atoms with Gasteiger partial charge in [-0.15, -0.1) is 11.3 Å². The molecule has 4 heterocycles. The van der Waals surface area contributed by atoms with E-state index >= 15 is 0 Å². The summed E-state index contributed by atoms with van der Waals surface area (Å²) in [6.07, 6.45) is 10.8. The molecule has 2 fully saturated rings. The van der Waals surface area contributed by atoms with Crippen LogP contribution >= 0.6 is 11.3 Å². The van der Waals surface area contributed by atoms with Crippen molar-refractivity contribution in [2.45, 2.75) is 135 Å². The first-order chi connectivity index (χ1) is 32.6. The van der Waals surface area contributed by atoms with Crippen molar-refractivity contribution in [3.63, 3.8) is 0 Å². The van der Waals surface area contributed by atoms with Gasteiger partial charge in [0.1, 0.15) is 22.3 Å². The van der Waals surface area contributed by atoms with E-state index < -0.39 is 39.6 Å². The number of nitrogens with two attached hydrogens (primary N) is 1. The Balaban J connectivity index is 0.000000193. The minimum Gasteiger partial charge on any atom is -0.497 e. The molecule has 2 aliphatic heterocycles. The van der Waals surface area contributed by atoms with Crippen molar-refractivity contribution in [2.24, 2.45) is 23.5 Å². The maximum Gasteiger partial charge on any atom is 0.407 e. The predicted octanol–water partition coefficient (Wildman–Crippen LogP) is 7.94. The number of ether oxygens (including phenoxy) is 2. The number of allylic oxidation sites excluding steroid dienone is 2. The van der Waals surface area contributed by atoms with Crippen LogP contribution in [0.2, 0.25) is 0 Å². The van der Waals surface area contributed by atoms with Crippen molar-refractivity contribution in [3.05, 3.63) is 76.3 Å². The van der Waals surface area contributed by atoms with E-state index in [-0.39, 0.29) is 40.5 Å². The number of hydrogen-bond donors (Lipinski definition) is 6. The summed E-state index contributed by atoms with van der Waals surface area (Å²) in [6, 6.07) is 13.1. The number of carbonyl (C=O) groups is 4. The molecule has 0 bridgehead atoms. The molecule has 7 rings (SSSR count). The molecular formula is C50H70N8O9S2. The lowest BCUT2D eigenvalue weighted by Crippen LogP contribution is -2.47. The number of alkyl carbamates (subject to hydrolysis) is 1. The van der Waals surface area contributed by atoms with Gasteiger partial charge in [0, 0.05) is 60.4 Å². The van der Waals surface area contributed by atoms with Crippen molar-refractivity contribution in [2.75, 3.05) is 30.8 Å². The van der Waals surface area contributed by atoms with Crippen LogP contribution in [0.5, 0.6) is 5.75 Å². The summed E-state index contributed by atoms with van der Waals surface area (Å²) < 4.78 is 37.7. The molecule has 17 nitrogen and oxygen atoms in total. The average molecular weight is 991 g/mol. The van der Waals surface area contributed by atoms with E-state index in [0.717, 1.165) is 61.4 Å². The van der Waals surface area contributed by atoms with Crippen LogP contribution in [-0.4, -0.2) is 91.0 Å². The van der Waals surface area contributed by atoms with E-state index in [0.29, 0.717) is 53.9 Å². The van der Waals surface area contributed by atoms with Gasteiger partial charge in [-0.3, -0.25) is 19.2 Å². The summed E-state index contributed by atoms with van der Waals surface area (Å²) in [5.74, 6) is -0.0392. The molecule has 2 aromatic carbocycles. The summed E-state index contributed by atoms with van der Waals surface area (Å²) in [5.41, 5.74) is 7.50. The molecule has 4 amide bonds. The zero-order valence-corrected chi connectivity index (χ0v) is 42.7. The number of H-pyrrole nitrogens is 1. The second-order valence-corrected chi connectivity index (χ2v) is 21.8.